The zero-order valence-electron chi connectivity index (χ0n) is 13.5. The average Bonchev–Trinajstić information content (AvgIpc) is 3.30. The molecular weight excluding hydrogens is 398 g/mol. The molecule has 2 N–H and O–H groups in total. The number of carbonyl (C=O) groups is 2. The Bertz CT molecular complexity index is 915. The van der Waals surface area contributed by atoms with Crippen molar-refractivity contribution in [2.45, 2.75) is 23.1 Å². The number of rotatable bonds is 4. The van der Waals surface area contributed by atoms with E-state index in [1.807, 2.05) is 0 Å². The molecule has 7 nitrogen and oxygen atoms in total. The Balaban J connectivity index is 1.68. The van der Waals surface area contributed by atoms with Gasteiger partial charge < -0.3 is 0 Å². The number of nitrogens with zero attached hydrogens (tertiary/aromatic N) is 1. The van der Waals surface area contributed by atoms with E-state index in [1.165, 1.54) is 12.1 Å². The number of amides is 2. The predicted octanol–water partition coefficient (Wildman–Crippen LogP) is 2.02. The summed E-state index contributed by atoms with van der Waals surface area (Å²) in [5.74, 6) is -1.05. The van der Waals surface area contributed by atoms with Gasteiger partial charge in [0.1, 0.15) is 10.3 Å². The Morgan fingerprint density at radius 3 is 2.50 bits per heavy atom. The quantitative estimate of drug-likeness (QED) is 0.749. The van der Waals surface area contributed by atoms with Crippen molar-refractivity contribution in [2.75, 3.05) is 6.54 Å². The molecule has 2 amide bonds. The third kappa shape index (κ3) is 3.90. The first-order valence-electron chi connectivity index (χ1n) is 7.82. The van der Waals surface area contributed by atoms with Crippen molar-refractivity contribution >= 4 is 44.8 Å². The molecule has 1 aromatic carbocycles. The van der Waals surface area contributed by atoms with E-state index in [0.717, 1.165) is 15.6 Å². The van der Waals surface area contributed by atoms with Gasteiger partial charge in [0.05, 0.1) is 4.34 Å². The number of thiophene rings is 1. The van der Waals surface area contributed by atoms with E-state index in [1.54, 1.807) is 30.3 Å². The molecular formula is C16H16ClN3O4S2. The summed E-state index contributed by atoms with van der Waals surface area (Å²) in [5, 5.41) is 0. The zero-order valence-corrected chi connectivity index (χ0v) is 15.9. The van der Waals surface area contributed by atoms with Crippen LogP contribution in [0.15, 0.2) is 46.7 Å². The Labute approximate surface area is 160 Å². The minimum atomic E-state index is -3.81. The molecule has 1 saturated heterocycles. The molecule has 26 heavy (non-hydrogen) atoms. The van der Waals surface area contributed by atoms with Crippen LogP contribution in [0.4, 0.5) is 0 Å². The number of benzene rings is 1. The van der Waals surface area contributed by atoms with Crippen molar-refractivity contribution < 1.29 is 18.0 Å². The lowest BCUT2D eigenvalue weighted by Gasteiger charge is -2.22. The van der Waals surface area contributed by atoms with Gasteiger partial charge in [0.25, 0.3) is 21.8 Å². The molecule has 1 aliphatic heterocycles. The van der Waals surface area contributed by atoms with Crippen molar-refractivity contribution in [1.29, 1.82) is 0 Å². The first-order chi connectivity index (χ1) is 12.4. The highest BCUT2D eigenvalue weighted by Gasteiger charge is 2.40. The molecule has 1 fully saturated rings. The van der Waals surface area contributed by atoms with Crippen LogP contribution in [0, 0.1) is 0 Å². The molecule has 138 valence electrons. The highest BCUT2D eigenvalue weighted by molar-refractivity contribution is 7.91. The van der Waals surface area contributed by atoms with Gasteiger partial charge in [0.2, 0.25) is 0 Å². The van der Waals surface area contributed by atoms with Gasteiger partial charge in [-0.2, -0.15) is 4.31 Å². The normalized spacial score (nSPS) is 17.8. The molecule has 1 aromatic heterocycles. The number of hydrogen-bond donors (Lipinski definition) is 2. The van der Waals surface area contributed by atoms with Crippen molar-refractivity contribution in [3.8, 4) is 0 Å². The molecule has 0 aliphatic carbocycles. The van der Waals surface area contributed by atoms with Crippen molar-refractivity contribution in [1.82, 2.24) is 15.2 Å². The van der Waals surface area contributed by atoms with E-state index in [0.29, 0.717) is 22.7 Å². The molecule has 10 heteroatoms. The number of sulfonamides is 1. The SMILES string of the molecule is O=C(NNC(=O)C1CCCN1S(=O)(=O)c1ccc(Cl)s1)c1ccccc1. The molecule has 3 rings (SSSR count). The molecule has 1 unspecified atom stereocenters. The second-order valence-electron chi connectivity index (χ2n) is 5.64. The van der Waals surface area contributed by atoms with Crippen molar-refractivity contribution in [3.05, 3.63) is 52.4 Å². The summed E-state index contributed by atoms with van der Waals surface area (Å²) in [7, 11) is -3.81. The van der Waals surface area contributed by atoms with Gasteiger partial charge in [-0.1, -0.05) is 29.8 Å². The van der Waals surface area contributed by atoms with Gasteiger partial charge in [-0.25, -0.2) is 8.42 Å². The van der Waals surface area contributed by atoms with E-state index in [4.69, 9.17) is 11.6 Å². The number of halogens is 1. The number of hydrogen-bond acceptors (Lipinski definition) is 5. The standard InChI is InChI=1S/C16H16ClN3O4S2/c17-13-8-9-14(25-13)26(23,24)20-10-4-7-12(20)16(22)19-18-15(21)11-5-2-1-3-6-11/h1-3,5-6,8-9,12H,4,7,10H2,(H,18,21)(H,19,22). The summed E-state index contributed by atoms with van der Waals surface area (Å²) in [6.45, 7) is 0.239. The lowest BCUT2D eigenvalue weighted by molar-refractivity contribution is -0.125. The number of nitrogens with one attached hydrogen (secondary N) is 2. The molecule has 2 aromatic rings. The largest absolute Gasteiger partial charge is 0.271 e. The maximum absolute atomic E-state index is 12.7. The second kappa shape index (κ2) is 7.75. The van der Waals surface area contributed by atoms with Gasteiger partial charge in [-0.05, 0) is 37.1 Å². The molecule has 0 spiro atoms. The third-order valence-corrected chi connectivity index (χ3v) is 7.56. The van der Waals surface area contributed by atoms with Gasteiger partial charge >= 0.3 is 0 Å². The van der Waals surface area contributed by atoms with Crippen LogP contribution in [-0.2, 0) is 14.8 Å². The molecule has 1 atom stereocenters. The number of hydrazine groups is 1. The van der Waals surface area contributed by atoms with Crippen molar-refractivity contribution in [2.24, 2.45) is 0 Å². The van der Waals surface area contributed by atoms with Crippen LogP contribution in [0.1, 0.15) is 23.2 Å². The van der Waals surface area contributed by atoms with Crippen LogP contribution in [0.2, 0.25) is 4.34 Å². The van der Waals surface area contributed by atoms with Crippen LogP contribution >= 0.6 is 22.9 Å². The topological polar surface area (TPSA) is 95.6 Å². The van der Waals surface area contributed by atoms with Gasteiger partial charge in [0, 0.05) is 12.1 Å². The van der Waals surface area contributed by atoms with Crippen LogP contribution in [0.25, 0.3) is 0 Å². The van der Waals surface area contributed by atoms with Crippen LogP contribution < -0.4 is 10.9 Å². The first kappa shape index (κ1) is 18.8. The van der Waals surface area contributed by atoms with Crippen LogP contribution in [-0.4, -0.2) is 37.1 Å². The monoisotopic (exact) mass is 413 g/mol. The van der Waals surface area contributed by atoms with E-state index >= 15 is 0 Å². The lowest BCUT2D eigenvalue weighted by atomic mass is 10.2. The molecule has 0 saturated carbocycles. The van der Waals surface area contributed by atoms with Gasteiger partial charge in [-0.15, -0.1) is 11.3 Å². The molecule has 0 radical (unpaired) electrons. The third-order valence-electron chi connectivity index (χ3n) is 3.95. The second-order valence-corrected chi connectivity index (χ2v) is 9.47. The fraction of sp³-hybridized carbons (Fsp3) is 0.250. The summed E-state index contributed by atoms with van der Waals surface area (Å²) < 4.78 is 27.1. The van der Waals surface area contributed by atoms with E-state index in [-0.39, 0.29) is 10.8 Å². The van der Waals surface area contributed by atoms with E-state index in [2.05, 4.69) is 10.9 Å². The van der Waals surface area contributed by atoms with E-state index < -0.39 is 27.9 Å². The predicted molar refractivity (Wildman–Crippen MR) is 98.3 cm³/mol. The number of carbonyl (C=O) groups excluding carboxylic acids is 2. The summed E-state index contributed by atoms with van der Waals surface area (Å²) >= 11 is 6.77. The minimum absolute atomic E-state index is 0.0931. The maximum Gasteiger partial charge on any atom is 0.269 e. The average molecular weight is 414 g/mol. The van der Waals surface area contributed by atoms with E-state index in [9.17, 15) is 18.0 Å². The summed E-state index contributed by atoms with van der Waals surface area (Å²) in [4.78, 5) is 24.4. The zero-order chi connectivity index (χ0) is 18.7. The van der Waals surface area contributed by atoms with Crippen LogP contribution in [0.3, 0.4) is 0 Å². The fourth-order valence-electron chi connectivity index (χ4n) is 2.71. The summed E-state index contributed by atoms with van der Waals surface area (Å²) in [5.41, 5.74) is 5.01. The maximum atomic E-state index is 12.7. The Morgan fingerprint density at radius 2 is 1.85 bits per heavy atom. The van der Waals surface area contributed by atoms with Gasteiger partial charge in [-0.3, -0.25) is 20.4 Å². The highest BCUT2D eigenvalue weighted by Crippen LogP contribution is 2.32. The Morgan fingerprint density at radius 1 is 1.12 bits per heavy atom. The highest BCUT2D eigenvalue weighted by atomic mass is 35.5. The summed E-state index contributed by atoms with van der Waals surface area (Å²) in [6.07, 6.45) is 0.939. The summed E-state index contributed by atoms with van der Waals surface area (Å²) in [6, 6.07) is 10.4. The molecule has 0 bridgehead atoms. The minimum Gasteiger partial charge on any atom is -0.271 e. The first-order valence-corrected chi connectivity index (χ1v) is 10.5. The smallest absolute Gasteiger partial charge is 0.269 e. The molecule has 1 aliphatic rings. The fourth-order valence-corrected chi connectivity index (χ4v) is 5.97. The Hall–Kier alpha value is -1.94. The van der Waals surface area contributed by atoms with Crippen molar-refractivity contribution in [3.63, 3.8) is 0 Å². The van der Waals surface area contributed by atoms with Gasteiger partial charge in [0.15, 0.2) is 0 Å². The van der Waals surface area contributed by atoms with Crippen LogP contribution in [0.5, 0.6) is 0 Å². The Kier molecular flexibility index (Phi) is 5.61. The lowest BCUT2D eigenvalue weighted by Crippen LogP contribution is -2.51. The molecule has 2 heterocycles.